The summed E-state index contributed by atoms with van der Waals surface area (Å²) in [6, 6.07) is 10.5. The number of rotatable bonds is 5. The normalized spacial score (nSPS) is 16.8. The van der Waals surface area contributed by atoms with E-state index in [-0.39, 0.29) is 5.78 Å². The molecule has 0 aliphatic heterocycles. The second kappa shape index (κ2) is 5.67. The van der Waals surface area contributed by atoms with Crippen molar-refractivity contribution in [3.63, 3.8) is 0 Å². The fourth-order valence-electron chi connectivity index (χ4n) is 2.13. The molecule has 0 bridgehead atoms. The van der Waals surface area contributed by atoms with E-state index in [1.54, 1.807) is 6.08 Å². The van der Waals surface area contributed by atoms with Gasteiger partial charge in [-0.3, -0.25) is 4.79 Å². The predicted molar refractivity (Wildman–Crippen MR) is 69.8 cm³/mol. The minimum absolute atomic E-state index is 0.253. The Labute approximate surface area is 103 Å². The molecule has 0 heterocycles. The van der Waals surface area contributed by atoms with E-state index in [4.69, 9.17) is 0 Å². The molecule has 2 rings (SSSR count). The third-order valence-electron chi connectivity index (χ3n) is 3.27. The van der Waals surface area contributed by atoms with Crippen molar-refractivity contribution in [2.24, 2.45) is 0 Å². The van der Waals surface area contributed by atoms with Crippen LogP contribution < -0.4 is 5.32 Å². The Morgan fingerprint density at radius 3 is 2.65 bits per heavy atom. The average molecular weight is 229 g/mol. The highest BCUT2D eigenvalue weighted by atomic mass is 16.1. The first-order valence-electron chi connectivity index (χ1n) is 6.28. The first-order chi connectivity index (χ1) is 8.25. The van der Waals surface area contributed by atoms with Gasteiger partial charge in [-0.25, -0.2) is 0 Å². The SMILES string of the molecule is CC(CCNC1=CC(=O)CC1)c1ccccc1. The van der Waals surface area contributed by atoms with Crippen LogP contribution in [-0.2, 0) is 4.79 Å². The number of carbonyl (C=O) groups is 1. The lowest BCUT2D eigenvalue weighted by Crippen LogP contribution is -2.15. The van der Waals surface area contributed by atoms with Gasteiger partial charge in [-0.1, -0.05) is 37.3 Å². The summed E-state index contributed by atoms with van der Waals surface area (Å²) in [6.07, 6.45) is 4.40. The Hall–Kier alpha value is -1.57. The second-order valence-electron chi connectivity index (χ2n) is 4.66. The summed E-state index contributed by atoms with van der Waals surface area (Å²) < 4.78 is 0. The summed E-state index contributed by atoms with van der Waals surface area (Å²) in [6.45, 7) is 3.18. The summed E-state index contributed by atoms with van der Waals surface area (Å²) in [5.74, 6) is 0.810. The van der Waals surface area contributed by atoms with Crippen LogP contribution in [0.2, 0.25) is 0 Å². The van der Waals surface area contributed by atoms with Crippen molar-refractivity contribution < 1.29 is 4.79 Å². The lowest BCUT2D eigenvalue weighted by molar-refractivity contribution is -0.114. The highest BCUT2D eigenvalue weighted by molar-refractivity contribution is 5.92. The smallest absolute Gasteiger partial charge is 0.157 e. The van der Waals surface area contributed by atoms with Crippen molar-refractivity contribution >= 4 is 5.78 Å². The number of nitrogens with one attached hydrogen (secondary N) is 1. The molecule has 0 amide bonds. The van der Waals surface area contributed by atoms with Gasteiger partial charge in [0, 0.05) is 24.7 Å². The van der Waals surface area contributed by atoms with Crippen molar-refractivity contribution in [1.29, 1.82) is 0 Å². The molecule has 1 N–H and O–H groups in total. The Morgan fingerprint density at radius 1 is 1.24 bits per heavy atom. The van der Waals surface area contributed by atoms with Crippen LogP contribution in [0.3, 0.4) is 0 Å². The molecule has 1 aromatic carbocycles. The van der Waals surface area contributed by atoms with Crippen LogP contribution in [0.25, 0.3) is 0 Å². The predicted octanol–water partition coefficient (Wildman–Crippen LogP) is 3.02. The first-order valence-corrected chi connectivity index (χ1v) is 6.28. The molecule has 1 aliphatic carbocycles. The molecule has 1 aliphatic rings. The van der Waals surface area contributed by atoms with E-state index in [2.05, 4.69) is 36.5 Å². The van der Waals surface area contributed by atoms with Gasteiger partial charge in [0.15, 0.2) is 5.78 Å². The van der Waals surface area contributed by atoms with E-state index in [0.717, 1.165) is 25.1 Å². The van der Waals surface area contributed by atoms with Crippen molar-refractivity contribution in [3.8, 4) is 0 Å². The van der Waals surface area contributed by atoms with Gasteiger partial charge >= 0.3 is 0 Å². The molecule has 0 fully saturated rings. The summed E-state index contributed by atoms with van der Waals surface area (Å²) in [5.41, 5.74) is 2.49. The maximum atomic E-state index is 11.1. The molecule has 2 nitrogen and oxygen atoms in total. The summed E-state index contributed by atoms with van der Waals surface area (Å²) in [4.78, 5) is 11.1. The van der Waals surface area contributed by atoms with Gasteiger partial charge < -0.3 is 5.32 Å². The van der Waals surface area contributed by atoms with Crippen LogP contribution in [0.4, 0.5) is 0 Å². The lowest BCUT2D eigenvalue weighted by Gasteiger charge is -2.13. The minimum atomic E-state index is 0.253. The number of benzene rings is 1. The minimum Gasteiger partial charge on any atom is -0.388 e. The molecule has 90 valence electrons. The lowest BCUT2D eigenvalue weighted by atomic mass is 9.98. The Balaban J connectivity index is 1.76. The average Bonchev–Trinajstić information content (AvgIpc) is 2.76. The van der Waals surface area contributed by atoms with E-state index in [1.165, 1.54) is 5.56 Å². The maximum Gasteiger partial charge on any atom is 0.157 e. The summed E-state index contributed by atoms with van der Waals surface area (Å²) >= 11 is 0. The highest BCUT2D eigenvalue weighted by Crippen LogP contribution is 2.18. The van der Waals surface area contributed by atoms with E-state index in [1.807, 2.05) is 6.07 Å². The molecule has 1 aromatic rings. The Bertz CT molecular complexity index is 408. The molecule has 0 saturated carbocycles. The molecule has 0 saturated heterocycles. The molecular weight excluding hydrogens is 210 g/mol. The van der Waals surface area contributed by atoms with Crippen molar-refractivity contribution in [2.45, 2.75) is 32.1 Å². The summed E-state index contributed by atoms with van der Waals surface area (Å²) in [7, 11) is 0. The van der Waals surface area contributed by atoms with Crippen LogP contribution in [-0.4, -0.2) is 12.3 Å². The topological polar surface area (TPSA) is 29.1 Å². The Kier molecular flexibility index (Phi) is 3.97. The van der Waals surface area contributed by atoms with Crippen LogP contribution in [0.5, 0.6) is 0 Å². The van der Waals surface area contributed by atoms with Crippen molar-refractivity contribution in [2.75, 3.05) is 6.54 Å². The molecule has 17 heavy (non-hydrogen) atoms. The number of ketones is 1. The number of carbonyl (C=O) groups excluding carboxylic acids is 1. The quantitative estimate of drug-likeness (QED) is 0.841. The zero-order valence-corrected chi connectivity index (χ0v) is 10.3. The molecule has 1 atom stereocenters. The van der Waals surface area contributed by atoms with Crippen LogP contribution >= 0.6 is 0 Å². The van der Waals surface area contributed by atoms with Gasteiger partial charge in [0.1, 0.15) is 0 Å². The van der Waals surface area contributed by atoms with E-state index >= 15 is 0 Å². The third-order valence-corrected chi connectivity index (χ3v) is 3.27. The molecule has 0 radical (unpaired) electrons. The number of hydrogen-bond acceptors (Lipinski definition) is 2. The molecule has 0 aromatic heterocycles. The van der Waals surface area contributed by atoms with Gasteiger partial charge in [-0.2, -0.15) is 0 Å². The fourth-order valence-corrected chi connectivity index (χ4v) is 2.13. The van der Waals surface area contributed by atoms with E-state index in [9.17, 15) is 4.79 Å². The molecule has 0 spiro atoms. The van der Waals surface area contributed by atoms with Gasteiger partial charge in [-0.15, -0.1) is 0 Å². The van der Waals surface area contributed by atoms with Crippen LogP contribution in [0.1, 0.15) is 37.7 Å². The molecule has 2 heteroatoms. The zero-order valence-electron chi connectivity index (χ0n) is 10.3. The van der Waals surface area contributed by atoms with Crippen LogP contribution in [0.15, 0.2) is 42.1 Å². The van der Waals surface area contributed by atoms with Gasteiger partial charge in [0.2, 0.25) is 0 Å². The van der Waals surface area contributed by atoms with E-state index in [0.29, 0.717) is 12.3 Å². The zero-order chi connectivity index (χ0) is 12.1. The number of hydrogen-bond donors (Lipinski definition) is 1. The van der Waals surface area contributed by atoms with E-state index < -0.39 is 0 Å². The van der Waals surface area contributed by atoms with Crippen LogP contribution in [0, 0.1) is 0 Å². The molecular formula is C15H19NO. The monoisotopic (exact) mass is 229 g/mol. The largest absolute Gasteiger partial charge is 0.388 e. The van der Waals surface area contributed by atoms with Gasteiger partial charge in [0.05, 0.1) is 0 Å². The highest BCUT2D eigenvalue weighted by Gasteiger charge is 2.11. The fraction of sp³-hybridized carbons (Fsp3) is 0.400. The van der Waals surface area contributed by atoms with Crippen molar-refractivity contribution in [1.82, 2.24) is 5.32 Å². The third kappa shape index (κ3) is 3.45. The maximum absolute atomic E-state index is 11.1. The van der Waals surface area contributed by atoms with Crippen molar-refractivity contribution in [3.05, 3.63) is 47.7 Å². The van der Waals surface area contributed by atoms with Gasteiger partial charge in [0.25, 0.3) is 0 Å². The molecule has 1 unspecified atom stereocenters. The second-order valence-corrected chi connectivity index (χ2v) is 4.66. The summed E-state index contributed by atoms with van der Waals surface area (Å²) in [5, 5.41) is 3.35. The Morgan fingerprint density at radius 2 is 2.00 bits per heavy atom. The number of allylic oxidation sites excluding steroid dienone is 2. The first kappa shape index (κ1) is 11.9. The van der Waals surface area contributed by atoms with Gasteiger partial charge in [-0.05, 0) is 24.3 Å². The standard InChI is InChI=1S/C15H19NO/c1-12(13-5-3-2-4-6-13)9-10-16-14-7-8-15(17)11-14/h2-6,11-12,16H,7-10H2,1H3.